The van der Waals surface area contributed by atoms with Crippen LogP contribution in [0, 0.1) is 18.3 Å². The Labute approximate surface area is 237 Å². The molecule has 3 aromatic carbocycles. The van der Waals surface area contributed by atoms with E-state index in [1.165, 1.54) is 11.8 Å². The Kier molecular flexibility index (Phi) is 9.04. The van der Waals surface area contributed by atoms with Gasteiger partial charge >= 0.3 is 0 Å². The van der Waals surface area contributed by atoms with Gasteiger partial charge in [0, 0.05) is 29.7 Å². The third kappa shape index (κ3) is 6.25. The number of nitrogens with one attached hydrogen (secondary N) is 2. The standard InChI is InChI=1S/C30H28ClN5O4/c1-19-5-7-20(8-6-19)28(37)27-25(18-32)29(36(35-27)22-11-9-21(31)10-12-22)33-15-4-16-34-30(38)24-14-13-23(39-2)17-26(24)40-3/h5-14,17,33H,4,15-16H2,1-3H3,(H,34,38). The van der Waals surface area contributed by atoms with Crippen LogP contribution in [0.3, 0.4) is 0 Å². The van der Waals surface area contributed by atoms with Crippen LogP contribution in [-0.4, -0.2) is 48.8 Å². The van der Waals surface area contributed by atoms with E-state index in [1.807, 2.05) is 19.1 Å². The number of nitrogens with zero attached hydrogens (tertiary/aromatic N) is 3. The van der Waals surface area contributed by atoms with Crippen molar-refractivity contribution in [2.24, 2.45) is 0 Å². The zero-order chi connectivity index (χ0) is 28.6. The molecule has 40 heavy (non-hydrogen) atoms. The highest BCUT2D eigenvalue weighted by Crippen LogP contribution is 2.27. The van der Waals surface area contributed by atoms with Crippen LogP contribution >= 0.6 is 11.6 Å². The monoisotopic (exact) mass is 557 g/mol. The highest BCUT2D eigenvalue weighted by atomic mass is 35.5. The second kappa shape index (κ2) is 12.8. The van der Waals surface area contributed by atoms with E-state index in [0.717, 1.165) is 5.56 Å². The van der Waals surface area contributed by atoms with Crippen molar-refractivity contribution in [2.75, 3.05) is 32.6 Å². The molecule has 2 N–H and O–H groups in total. The molecule has 1 amide bonds. The molecule has 10 heteroatoms. The van der Waals surface area contributed by atoms with Gasteiger partial charge in [0.05, 0.1) is 25.5 Å². The molecule has 0 saturated heterocycles. The van der Waals surface area contributed by atoms with Gasteiger partial charge in [-0.15, -0.1) is 0 Å². The number of nitriles is 1. The zero-order valence-electron chi connectivity index (χ0n) is 22.3. The number of ether oxygens (including phenoxy) is 2. The molecular formula is C30H28ClN5O4. The molecule has 0 aliphatic heterocycles. The van der Waals surface area contributed by atoms with Gasteiger partial charge in [0.25, 0.3) is 5.91 Å². The summed E-state index contributed by atoms with van der Waals surface area (Å²) in [6.45, 7) is 2.68. The Balaban J connectivity index is 1.51. The molecule has 204 valence electrons. The number of carbonyl (C=O) groups excluding carboxylic acids is 2. The molecule has 0 unspecified atom stereocenters. The number of ketones is 1. The number of benzene rings is 3. The Hall–Kier alpha value is -4.81. The van der Waals surface area contributed by atoms with Crippen LogP contribution in [0.25, 0.3) is 5.69 Å². The molecule has 9 nitrogen and oxygen atoms in total. The number of aromatic nitrogens is 2. The minimum Gasteiger partial charge on any atom is -0.497 e. The first-order chi connectivity index (χ1) is 19.4. The van der Waals surface area contributed by atoms with Crippen LogP contribution in [0.1, 0.15) is 44.0 Å². The smallest absolute Gasteiger partial charge is 0.255 e. The van der Waals surface area contributed by atoms with Crippen LogP contribution < -0.4 is 20.1 Å². The fraction of sp³-hybridized carbons (Fsp3) is 0.200. The first kappa shape index (κ1) is 28.2. The van der Waals surface area contributed by atoms with Crippen LogP contribution in [0.5, 0.6) is 11.5 Å². The normalized spacial score (nSPS) is 10.5. The summed E-state index contributed by atoms with van der Waals surface area (Å²) in [4.78, 5) is 26.0. The highest BCUT2D eigenvalue weighted by Gasteiger charge is 2.25. The van der Waals surface area contributed by atoms with E-state index in [1.54, 1.807) is 61.7 Å². The second-order valence-electron chi connectivity index (χ2n) is 8.87. The number of hydrogen-bond acceptors (Lipinski definition) is 7. The van der Waals surface area contributed by atoms with Crippen molar-refractivity contribution in [1.29, 1.82) is 5.26 Å². The molecule has 0 atom stereocenters. The van der Waals surface area contributed by atoms with Gasteiger partial charge in [-0.2, -0.15) is 10.4 Å². The van der Waals surface area contributed by atoms with Crippen LogP contribution in [0.2, 0.25) is 5.02 Å². The van der Waals surface area contributed by atoms with Crippen molar-refractivity contribution in [3.05, 3.63) is 99.7 Å². The summed E-state index contributed by atoms with van der Waals surface area (Å²) >= 11 is 6.07. The molecule has 0 fully saturated rings. The zero-order valence-corrected chi connectivity index (χ0v) is 23.1. The van der Waals surface area contributed by atoms with Crippen molar-refractivity contribution in [3.8, 4) is 23.3 Å². The third-order valence-electron chi connectivity index (χ3n) is 6.18. The number of methoxy groups -OCH3 is 2. The maximum Gasteiger partial charge on any atom is 0.255 e. The minimum atomic E-state index is -0.354. The minimum absolute atomic E-state index is 0.0451. The number of anilines is 1. The molecule has 0 radical (unpaired) electrons. The maximum atomic E-state index is 13.3. The number of amides is 1. The quantitative estimate of drug-likeness (QED) is 0.192. The molecule has 4 rings (SSSR count). The summed E-state index contributed by atoms with van der Waals surface area (Å²) < 4.78 is 12.0. The Morgan fingerprint density at radius 1 is 1.00 bits per heavy atom. The lowest BCUT2D eigenvalue weighted by atomic mass is 10.0. The van der Waals surface area contributed by atoms with Crippen molar-refractivity contribution in [1.82, 2.24) is 15.1 Å². The topological polar surface area (TPSA) is 118 Å². The second-order valence-corrected chi connectivity index (χ2v) is 9.31. The van der Waals surface area contributed by atoms with Crippen molar-refractivity contribution >= 4 is 29.1 Å². The number of hydrogen-bond donors (Lipinski definition) is 2. The van der Waals surface area contributed by atoms with Gasteiger partial charge in [0.2, 0.25) is 5.78 Å². The van der Waals surface area contributed by atoms with Gasteiger partial charge in [0.15, 0.2) is 5.69 Å². The summed E-state index contributed by atoms with van der Waals surface area (Å²) in [5, 5.41) is 21.2. The van der Waals surface area contributed by atoms with Crippen LogP contribution in [-0.2, 0) is 0 Å². The first-order valence-electron chi connectivity index (χ1n) is 12.5. The van der Waals surface area contributed by atoms with Crippen molar-refractivity contribution < 1.29 is 19.1 Å². The summed E-state index contributed by atoms with van der Waals surface area (Å²) in [7, 11) is 3.03. The fourth-order valence-electron chi connectivity index (χ4n) is 4.04. The van der Waals surface area contributed by atoms with E-state index in [0.29, 0.717) is 58.7 Å². The summed E-state index contributed by atoms with van der Waals surface area (Å²) in [5.41, 5.74) is 2.65. The summed E-state index contributed by atoms with van der Waals surface area (Å²) in [6, 6.07) is 21.2. The predicted octanol–water partition coefficient (Wildman–Crippen LogP) is 5.19. The fourth-order valence-corrected chi connectivity index (χ4v) is 4.16. The summed E-state index contributed by atoms with van der Waals surface area (Å²) in [6.07, 6.45) is 0.530. The first-order valence-corrected chi connectivity index (χ1v) is 12.9. The Morgan fingerprint density at radius 2 is 1.73 bits per heavy atom. The van der Waals surface area contributed by atoms with Crippen LogP contribution in [0.4, 0.5) is 5.82 Å². The molecule has 1 aromatic heterocycles. The molecule has 0 spiro atoms. The van der Waals surface area contributed by atoms with Crippen LogP contribution in [0.15, 0.2) is 66.7 Å². The third-order valence-corrected chi connectivity index (χ3v) is 6.43. The van der Waals surface area contributed by atoms with E-state index >= 15 is 0 Å². The average Bonchev–Trinajstić information content (AvgIpc) is 3.35. The number of carbonyl (C=O) groups is 2. The number of aryl methyl sites for hydroxylation is 1. The number of rotatable bonds is 11. The van der Waals surface area contributed by atoms with Crippen molar-refractivity contribution in [2.45, 2.75) is 13.3 Å². The molecular weight excluding hydrogens is 530 g/mol. The van der Waals surface area contributed by atoms with E-state index < -0.39 is 0 Å². The molecule has 0 aliphatic carbocycles. The Bertz CT molecular complexity index is 1560. The predicted molar refractivity (Wildman–Crippen MR) is 153 cm³/mol. The Morgan fingerprint density at radius 3 is 2.38 bits per heavy atom. The summed E-state index contributed by atoms with van der Waals surface area (Å²) in [5.74, 6) is 0.737. The van der Waals surface area contributed by atoms with Gasteiger partial charge in [-0.1, -0.05) is 41.4 Å². The van der Waals surface area contributed by atoms with Gasteiger partial charge in [-0.3, -0.25) is 9.59 Å². The SMILES string of the molecule is COc1ccc(C(=O)NCCCNc2c(C#N)c(C(=O)c3ccc(C)cc3)nn2-c2ccc(Cl)cc2)c(OC)c1. The van der Waals surface area contributed by atoms with Gasteiger partial charge in [0.1, 0.15) is 28.9 Å². The van der Waals surface area contributed by atoms with Crippen molar-refractivity contribution in [3.63, 3.8) is 0 Å². The number of halogens is 1. The van der Waals surface area contributed by atoms with E-state index in [2.05, 4.69) is 21.8 Å². The largest absolute Gasteiger partial charge is 0.497 e. The molecule has 1 heterocycles. The van der Waals surface area contributed by atoms with E-state index in [4.69, 9.17) is 21.1 Å². The lowest BCUT2D eigenvalue weighted by Crippen LogP contribution is -2.26. The molecule has 4 aromatic rings. The lowest BCUT2D eigenvalue weighted by Gasteiger charge is -2.12. The molecule has 0 saturated carbocycles. The van der Waals surface area contributed by atoms with E-state index in [9.17, 15) is 14.9 Å². The maximum absolute atomic E-state index is 13.3. The van der Waals surface area contributed by atoms with Gasteiger partial charge in [-0.05, 0) is 49.7 Å². The van der Waals surface area contributed by atoms with Gasteiger partial charge in [-0.25, -0.2) is 4.68 Å². The lowest BCUT2D eigenvalue weighted by molar-refractivity contribution is 0.0949. The average molecular weight is 558 g/mol. The van der Waals surface area contributed by atoms with Gasteiger partial charge < -0.3 is 20.1 Å². The van der Waals surface area contributed by atoms with E-state index in [-0.39, 0.29) is 22.9 Å². The molecule has 0 bridgehead atoms. The molecule has 0 aliphatic rings. The highest BCUT2D eigenvalue weighted by molar-refractivity contribution is 6.30.